The number of carbonyl (C=O) groups excluding carboxylic acids is 1. The molecule has 1 aromatic heterocycles. The number of nitrogens with one attached hydrogen (secondary N) is 2. The molecule has 0 spiro atoms. The van der Waals surface area contributed by atoms with Gasteiger partial charge in [-0.15, -0.1) is 0 Å². The molecular weight excluding hydrogens is 378 g/mol. The van der Waals surface area contributed by atoms with Crippen LogP contribution in [0.5, 0.6) is 0 Å². The average Bonchev–Trinajstić information content (AvgIpc) is 3.07. The minimum Gasteiger partial charge on any atom is -0.469 e. The number of alkyl halides is 3. The van der Waals surface area contributed by atoms with Crippen molar-refractivity contribution >= 4 is 23.0 Å². The van der Waals surface area contributed by atoms with E-state index in [0.717, 1.165) is 12.1 Å². The average molecular weight is 395 g/mol. The van der Waals surface area contributed by atoms with Crippen molar-refractivity contribution in [3.05, 3.63) is 58.9 Å². The molecule has 1 unspecified atom stereocenters. The minimum absolute atomic E-state index is 0.204. The standard InChI is InChI=1S/C19H17F4N3O2/c1-10-13(20)6-7-14-17(10)26-18(24-14)25-15(9-16(27)28-2)11-4-3-5-12(8-11)19(21,22)23/h3-8,15H,9H2,1-2H3,(H2,24,25,26). The van der Waals surface area contributed by atoms with Gasteiger partial charge in [-0.1, -0.05) is 12.1 Å². The summed E-state index contributed by atoms with van der Waals surface area (Å²) in [5.41, 5.74) is 0.722. The molecule has 3 aromatic rings. The second-order valence-corrected chi connectivity index (χ2v) is 6.25. The number of methoxy groups -OCH3 is 1. The molecule has 0 bridgehead atoms. The van der Waals surface area contributed by atoms with Gasteiger partial charge < -0.3 is 15.0 Å². The van der Waals surface area contributed by atoms with E-state index in [1.165, 1.54) is 31.4 Å². The molecule has 0 aliphatic heterocycles. The second-order valence-electron chi connectivity index (χ2n) is 6.25. The minimum atomic E-state index is -4.51. The lowest BCUT2D eigenvalue weighted by atomic mass is 10.0. The first-order chi connectivity index (χ1) is 13.2. The molecule has 148 valence electrons. The lowest BCUT2D eigenvalue weighted by molar-refractivity contribution is -0.140. The smallest absolute Gasteiger partial charge is 0.416 e. The van der Waals surface area contributed by atoms with Crippen LogP contribution < -0.4 is 5.32 Å². The van der Waals surface area contributed by atoms with Gasteiger partial charge in [0.25, 0.3) is 0 Å². The quantitative estimate of drug-likeness (QED) is 0.484. The Morgan fingerprint density at radius 2 is 2.04 bits per heavy atom. The van der Waals surface area contributed by atoms with Crippen LogP contribution in [0.15, 0.2) is 36.4 Å². The summed E-state index contributed by atoms with van der Waals surface area (Å²) in [4.78, 5) is 19.0. The fourth-order valence-electron chi connectivity index (χ4n) is 2.86. The zero-order valence-electron chi connectivity index (χ0n) is 15.0. The largest absolute Gasteiger partial charge is 0.469 e. The Morgan fingerprint density at radius 3 is 2.71 bits per heavy atom. The second kappa shape index (κ2) is 7.49. The lowest BCUT2D eigenvalue weighted by Crippen LogP contribution is -2.18. The van der Waals surface area contributed by atoms with Crippen molar-refractivity contribution in [2.24, 2.45) is 0 Å². The number of carbonyl (C=O) groups is 1. The predicted octanol–water partition coefficient (Wildman–Crippen LogP) is 4.75. The van der Waals surface area contributed by atoms with Gasteiger partial charge in [0.15, 0.2) is 0 Å². The summed E-state index contributed by atoms with van der Waals surface area (Å²) in [6.07, 6.45) is -4.73. The van der Waals surface area contributed by atoms with E-state index in [4.69, 9.17) is 0 Å². The molecule has 2 aromatic carbocycles. The fraction of sp³-hybridized carbons (Fsp3) is 0.263. The first kappa shape index (κ1) is 19.7. The molecule has 0 saturated carbocycles. The summed E-state index contributed by atoms with van der Waals surface area (Å²) in [6, 6.07) is 6.59. The number of hydrogen-bond donors (Lipinski definition) is 2. The maximum Gasteiger partial charge on any atom is 0.416 e. The first-order valence-corrected chi connectivity index (χ1v) is 8.34. The maximum atomic E-state index is 13.7. The molecule has 3 rings (SSSR count). The molecule has 1 heterocycles. The van der Waals surface area contributed by atoms with Crippen molar-refractivity contribution in [2.45, 2.75) is 25.6 Å². The summed E-state index contributed by atoms with van der Waals surface area (Å²) in [5.74, 6) is -0.810. The highest BCUT2D eigenvalue weighted by molar-refractivity contribution is 5.81. The van der Waals surface area contributed by atoms with E-state index in [-0.39, 0.29) is 17.9 Å². The van der Waals surface area contributed by atoms with Gasteiger partial charge in [-0.2, -0.15) is 13.2 Å². The van der Waals surface area contributed by atoms with Crippen LogP contribution in [-0.2, 0) is 15.7 Å². The third-order valence-corrected chi connectivity index (χ3v) is 4.38. The molecule has 5 nitrogen and oxygen atoms in total. The van der Waals surface area contributed by atoms with E-state index in [0.29, 0.717) is 16.6 Å². The predicted molar refractivity (Wildman–Crippen MR) is 95.2 cm³/mol. The van der Waals surface area contributed by atoms with E-state index in [1.807, 2.05) is 0 Å². The number of esters is 1. The van der Waals surface area contributed by atoms with Crippen LogP contribution in [0.4, 0.5) is 23.5 Å². The van der Waals surface area contributed by atoms with Gasteiger partial charge in [0, 0.05) is 5.56 Å². The van der Waals surface area contributed by atoms with Crippen molar-refractivity contribution < 1.29 is 27.1 Å². The lowest BCUT2D eigenvalue weighted by Gasteiger charge is -2.19. The fourth-order valence-corrected chi connectivity index (χ4v) is 2.86. The van der Waals surface area contributed by atoms with Crippen LogP contribution in [0, 0.1) is 12.7 Å². The van der Waals surface area contributed by atoms with Gasteiger partial charge in [-0.3, -0.25) is 4.79 Å². The van der Waals surface area contributed by atoms with Gasteiger partial charge in [0.05, 0.1) is 36.2 Å². The first-order valence-electron chi connectivity index (χ1n) is 8.34. The van der Waals surface area contributed by atoms with Crippen LogP contribution in [0.3, 0.4) is 0 Å². The Morgan fingerprint density at radius 1 is 1.29 bits per heavy atom. The number of aromatic nitrogens is 2. The van der Waals surface area contributed by atoms with Crippen LogP contribution >= 0.6 is 0 Å². The monoisotopic (exact) mass is 395 g/mol. The molecule has 2 N–H and O–H groups in total. The van der Waals surface area contributed by atoms with Gasteiger partial charge >= 0.3 is 12.1 Å². The number of hydrogen-bond acceptors (Lipinski definition) is 4. The van der Waals surface area contributed by atoms with Gasteiger partial charge in [-0.25, -0.2) is 9.37 Å². The summed E-state index contributed by atoms with van der Waals surface area (Å²) in [7, 11) is 1.19. The molecule has 0 radical (unpaired) electrons. The van der Waals surface area contributed by atoms with E-state index >= 15 is 0 Å². The summed E-state index contributed by atoms with van der Waals surface area (Å²) >= 11 is 0. The molecule has 1 atom stereocenters. The van der Waals surface area contributed by atoms with Crippen molar-refractivity contribution in [1.29, 1.82) is 0 Å². The number of rotatable bonds is 5. The number of ether oxygens (including phenoxy) is 1. The Kier molecular flexibility index (Phi) is 5.26. The topological polar surface area (TPSA) is 67.0 Å². The Bertz CT molecular complexity index is 1010. The third-order valence-electron chi connectivity index (χ3n) is 4.38. The zero-order valence-corrected chi connectivity index (χ0v) is 15.0. The van der Waals surface area contributed by atoms with Crippen molar-refractivity contribution in [2.75, 3.05) is 12.4 Å². The summed E-state index contributed by atoms with van der Waals surface area (Å²) in [5, 5.41) is 2.92. The van der Waals surface area contributed by atoms with E-state index in [2.05, 4.69) is 20.0 Å². The number of aryl methyl sites for hydroxylation is 1. The normalized spacial score (nSPS) is 12.8. The molecular formula is C19H17F4N3O2. The van der Waals surface area contributed by atoms with E-state index in [1.54, 1.807) is 6.92 Å². The maximum absolute atomic E-state index is 13.7. The molecule has 0 aliphatic rings. The Hall–Kier alpha value is -3.10. The van der Waals surface area contributed by atoms with Crippen molar-refractivity contribution in [3.63, 3.8) is 0 Å². The number of nitrogens with zero attached hydrogens (tertiary/aromatic N) is 1. The highest BCUT2D eigenvalue weighted by Gasteiger charge is 2.31. The molecule has 0 aliphatic carbocycles. The van der Waals surface area contributed by atoms with Gasteiger partial charge in [0.2, 0.25) is 5.95 Å². The number of benzene rings is 2. The number of anilines is 1. The number of H-pyrrole nitrogens is 1. The van der Waals surface area contributed by atoms with Crippen LogP contribution in [0.1, 0.15) is 29.2 Å². The van der Waals surface area contributed by atoms with E-state index < -0.39 is 29.6 Å². The van der Waals surface area contributed by atoms with Gasteiger partial charge in [0.1, 0.15) is 5.82 Å². The van der Waals surface area contributed by atoms with Gasteiger partial charge in [-0.05, 0) is 36.8 Å². The van der Waals surface area contributed by atoms with Crippen LogP contribution in [0.2, 0.25) is 0 Å². The van der Waals surface area contributed by atoms with Crippen molar-refractivity contribution in [3.8, 4) is 0 Å². The van der Waals surface area contributed by atoms with Crippen LogP contribution in [0.25, 0.3) is 11.0 Å². The van der Waals surface area contributed by atoms with Crippen molar-refractivity contribution in [1.82, 2.24) is 9.97 Å². The molecule has 9 heteroatoms. The number of imidazole rings is 1. The number of halogens is 4. The third kappa shape index (κ3) is 4.08. The number of aromatic amines is 1. The summed E-state index contributed by atoms with van der Waals surface area (Å²) < 4.78 is 57.5. The highest BCUT2D eigenvalue weighted by atomic mass is 19.4. The number of fused-ring (bicyclic) bond motifs is 1. The highest BCUT2D eigenvalue weighted by Crippen LogP contribution is 2.32. The molecule has 0 fully saturated rings. The Labute approximate surface area is 157 Å². The SMILES string of the molecule is COC(=O)CC(Nc1nc2ccc(F)c(C)c2[nH]1)c1cccc(C(F)(F)F)c1. The Balaban J connectivity index is 1.97. The molecule has 28 heavy (non-hydrogen) atoms. The van der Waals surface area contributed by atoms with Crippen LogP contribution in [-0.4, -0.2) is 23.0 Å². The zero-order chi connectivity index (χ0) is 20.5. The van der Waals surface area contributed by atoms with E-state index in [9.17, 15) is 22.4 Å². The molecule has 0 saturated heterocycles. The molecule has 0 amide bonds. The summed E-state index contributed by atoms with van der Waals surface area (Å²) in [6.45, 7) is 1.58.